The number of amides is 2. The first-order valence-corrected chi connectivity index (χ1v) is 12.1. The molecule has 2 aliphatic rings. The van der Waals surface area contributed by atoms with Gasteiger partial charge in [-0.05, 0) is 44.2 Å². The molecule has 0 spiro atoms. The molecule has 0 radical (unpaired) electrons. The van der Waals surface area contributed by atoms with E-state index in [4.69, 9.17) is 24.1 Å². The summed E-state index contributed by atoms with van der Waals surface area (Å²) in [5.41, 5.74) is 2.36. The smallest absolute Gasteiger partial charge is 0.260 e. The molecule has 0 unspecified atom stereocenters. The molecule has 2 aromatic carbocycles. The number of carbonyl (C=O) groups excluding carboxylic acids is 2. The largest absolute Gasteiger partial charge is 0.482 e. The first kappa shape index (κ1) is 26.7. The van der Waals surface area contributed by atoms with E-state index in [1.807, 2.05) is 13.8 Å². The van der Waals surface area contributed by atoms with Gasteiger partial charge in [0.1, 0.15) is 17.2 Å². The van der Waals surface area contributed by atoms with Crippen molar-refractivity contribution < 1.29 is 38.0 Å². The molecule has 9 nitrogen and oxygen atoms in total. The number of nitrogens with one attached hydrogen (secondary N) is 2. The molecule has 4 rings (SSSR count). The number of fused-ring (bicyclic) bond motifs is 2. The van der Waals surface area contributed by atoms with Gasteiger partial charge in [-0.1, -0.05) is 6.07 Å². The highest BCUT2D eigenvalue weighted by Gasteiger charge is 2.40. The van der Waals surface area contributed by atoms with Crippen LogP contribution in [0.4, 0.5) is 10.1 Å². The van der Waals surface area contributed by atoms with Crippen molar-refractivity contribution in [2.24, 2.45) is 0 Å². The Morgan fingerprint density at radius 1 is 1.00 bits per heavy atom. The van der Waals surface area contributed by atoms with Gasteiger partial charge in [0.25, 0.3) is 11.8 Å². The van der Waals surface area contributed by atoms with Gasteiger partial charge in [-0.3, -0.25) is 9.59 Å². The van der Waals surface area contributed by atoms with Crippen molar-refractivity contribution in [3.8, 4) is 0 Å². The molecular weight excluding hydrogens is 483 g/mol. The van der Waals surface area contributed by atoms with Gasteiger partial charge in [-0.15, -0.1) is 0 Å². The molecule has 10 heteroatoms. The lowest BCUT2D eigenvalue weighted by molar-refractivity contribution is -0.110. The van der Waals surface area contributed by atoms with Gasteiger partial charge >= 0.3 is 0 Å². The van der Waals surface area contributed by atoms with Gasteiger partial charge in [-0.2, -0.15) is 0 Å². The molecule has 0 bridgehead atoms. The summed E-state index contributed by atoms with van der Waals surface area (Å²) in [6, 6.07) is 9.31. The zero-order valence-corrected chi connectivity index (χ0v) is 20.9. The molecule has 3 N–H and O–H groups in total. The minimum atomic E-state index is -0.795. The highest BCUT2D eigenvalue weighted by Crippen LogP contribution is 2.48. The van der Waals surface area contributed by atoms with E-state index in [9.17, 15) is 14.0 Å². The van der Waals surface area contributed by atoms with Gasteiger partial charge in [0.05, 0.1) is 51.8 Å². The maximum atomic E-state index is 13.9. The summed E-state index contributed by atoms with van der Waals surface area (Å²) >= 11 is 0. The molecule has 198 valence electrons. The molecule has 37 heavy (non-hydrogen) atoms. The highest BCUT2D eigenvalue weighted by molar-refractivity contribution is 6.36. The number of carbonyl (C=O) groups is 2. The summed E-state index contributed by atoms with van der Waals surface area (Å²) in [5.74, 6) is -0.698. The summed E-state index contributed by atoms with van der Waals surface area (Å²) in [7, 11) is 0. The van der Waals surface area contributed by atoms with E-state index in [0.29, 0.717) is 74.3 Å². The van der Waals surface area contributed by atoms with Crippen LogP contribution in [-0.4, -0.2) is 69.7 Å². The molecular formula is C27H31FN2O7. The second-order valence-electron chi connectivity index (χ2n) is 9.04. The van der Waals surface area contributed by atoms with E-state index in [1.165, 1.54) is 18.2 Å². The van der Waals surface area contributed by atoms with E-state index < -0.39 is 11.4 Å². The number of aliphatic hydroxyl groups excluding tert-OH is 1. The number of halogens is 1. The number of anilines is 1. The lowest BCUT2D eigenvalue weighted by Gasteiger charge is -2.20. The Morgan fingerprint density at radius 2 is 1.70 bits per heavy atom. The van der Waals surface area contributed by atoms with Gasteiger partial charge in [0.15, 0.2) is 0 Å². The number of hydrogen-bond donors (Lipinski definition) is 3. The van der Waals surface area contributed by atoms with Gasteiger partial charge in [0.2, 0.25) is 0 Å². The van der Waals surface area contributed by atoms with Crippen LogP contribution in [0.3, 0.4) is 0 Å². The number of rotatable bonds is 12. The summed E-state index contributed by atoms with van der Waals surface area (Å²) in [6.07, 6.45) is 0. The number of aliphatic hydroxyl groups is 1. The molecule has 0 fully saturated rings. The predicted molar refractivity (Wildman–Crippen MR) is 134 cm³/mol. The Labute approximate surface area is 214 Å². The number of hydrogen-bond acceptors (Lipinski definition) is 7. The third-order valence-corrected chi connectivity index (χ3v) is 6.00. The zero-order chi connectivity index (χ0) is 26.4. The second kappa shape index (κ2) is 11.8. The van der Waals surface area contributed by atoms with Crippen molar-refractivity contribution >= 4 is 28.8 Å². The van der Waals surface area contributed by atoms with Crippen LogP contribution in [-0.2, 0) is 29.3 Å². The molecule has 2 amide bonds. The van der Waals surface area contributed by atoms with Gasteiger partial charge in [-0.25, -0.2) is 4.39 Å². The predicted octanol–water partition coefficient (Wildman–Crippen LogP) is 2.68. The fourth-order valence-corrected chi connectivity index (χ4v) is 4.24. The monoisotopic (exact) mass is 514 g/mol. The van der Waals surface area contributed by atoms with E-state index in [2.05, 4.69) is 10.6 Å². The summed E-state index contributed by atoms with van der Waals surface area (Å²) in [4.78, 5) is 25.5. The molecule has 0 saturated heterocycles. The van der Waals surface area contributed by atoms with E-state index in [-0.39, 0.29) is 24.0 Å². The van der Waals surface area contributed by atoms with E-state index >= 15 is 0 Å². The van der Waals surface area contributed by atoms with Gasteiger partial charge < -0.3 is 34.7 Å². The van der Waals surface area contributed by atoms with Crippen LogP contribution >= 0.6 is 0 Å². The highest BCUT2D eigenvalue weighted by atomic mass is 19.1. The Bertz CT molecular complexity index is 1200. The number of benzene rings is 2. The third-order valence-electron chi connectivity index (χ3n) is 6.00. The lowest BCUT2D eigenvalue weighted by Crippen LogP contribution is -2.28. The Balaban J connectivity index is 1.35. The van der Waals surface area contributed by atoms with Crippen molar-refractivity contribution in [3.05, 3.63) is 64.5 Å². The summed E-state index contributed by atoms with van der Waals surface area (Å²) in [6.45, 7) is 6.28. The van der Waals surface area contributed by atoms with E-state index in [1.54, 1.807) is 18.2 Å². The van der Waals surface area contributed by atoms with Crippen LogP contribution < -0.4 is 10.6 Å². The van der Waals surface area contributed by atoms with Gasteiger partial charge in [0, 0.05) is 34.5 Å². The third kappa shape index (κ3) is 6.16. The van der Waals surface area contributed by atoms with Crippen molar-refractivity contribution in [2.45, 2.75) is 19.4 Å². The normalized spacial score (nSPS) is 17.2. The molecule has 0 atom stereocenters. The van der Waals surface area contributed by atoms with Crippen molar-refractivity contribution in [1.29, 1.82) is 0 Å². The number of ether oxygens (including phenoxy) is 4. The quantitative estimate of drug-likeness (QED) is 0.295. The first-order chi connectivity index (χ1) is 17.8. The topological polar surface area (TPSA) is 115 Å². The fraction of sp³-hybridized carbons (Fsp3) is 0.407. The molecule has 2 aromatic rings. The summed E-state index contributed by atoms with van der Waals surface area (Å²) in [5, 5.41) is 14.2. The Kier molecular flexibility index (Phi) is 8.55. The van der Waals surface area contributed by atoms with Crippen molar-refractivity contribution in [2.75, 3.05) is 58.1 Å². The Morgan fingerprint density at radius 3 is 2.43 bits per heavy atom. The molecule has 0 saturated carbocycles. The zero-order valence-electron chi connectivity index (χ0n) is 20.9. The minimum absolute atomic E-state index is 0.0130. The van der Waals surface area contributed by atoms with Crippen molar-refractivity contribution in [1.82, 2.24) is 5.32 Å². The summed E-state index contributed by atoms with van der Waals surface area (Å²) < 4.78 is 36.0. The molecule has 0 aromatic heterocycles. The lowest BCUT2D eigenvalue weighted by atomic mass is 9.92. The SMILES string of the molecule is CC1(C)O/C(=C2/C(=O)Nc3ccc(F)cc32)c2ccc(C(=O)NCCOCCOCCOCCO)cc21. The average Bonchev–Trinajstić information content (AvgIpc) is 3.33. The van der Waals surface area contributed by atoms with E-state index in [0.717, 1.165) is 5.56 Å². The maximum absolute atomic E-state index is 13.9. The Hall–Kier alpha value is -3.31. The first-order valence-electron chi connectivity index (χ1n) is 12.1. The van der Waals surface area contributed by atoms with Crippen LogP contribution in [0.15, 0.2) is 36.4 Å². The van der Waals surface area contributed by atoms with Crippen LogP contribution in [0.2, 0.25) is 0 Å². The minimum Gasteiger partial charge on any atom is -0.482 e. The van der Waals surface area contributed by atoms with Crippen LogP contribution in [0.1, 0.15) is 40.9 Å². The molecule has 0 aliphatic carbocycles. The van der Waals surface area contributed by atoms with Crippen molar-refractivity contribution in [3.63, 3.8) is 0 Å². The standard InChI is InChI=1S/C27H31FN2O7/c1-27(2)21-15-17(25(32)29-7-9-34-11-13-36-14-12-35-10-8-31)3-5-19(21)24(37-27)23-20-16-18(28)4-6-22(20)30-26(23)33/h3-6,15-16,31H,7-14H2,1-2H3,(H,29,32)(H,30,33)/b24-23+. The van der Waals surface area contributed by atoms with Crippen LogP contribution in [0, 0.1) is 5.82 Å². The van der Waals surface area contributed by atoms with Crippen LogP contribution in [0.25, 0.3) is 11.3 Å². The molecule has 2 aliphatic heterocycles. The van der Waals surface area contributed by atoms with Crippen LogP contribution in [0.5, 0.6) is 0 Å². The average molecular weight is 515 g/mol. The maximum Gasteiger partial charge on any atom is 0.260 e. The fourth-order valence-electron chi connectivity index (χ4n) is 4.24. The molecule has 2 heterocycles. The second-order valence-corrected chi connectivity index (χ2v) is 9.04.